The number of hydrogen-bond acceptors (Lipinski definition) is 4. The molecule has 0 radical (unpaired) electrons. The van der Waals surface area contributed by atoms with Gasteiger partial charge in [-0.3, -0.25) is 4.68 Å². The summed E-state index contributed by atoms with van der Waals surface area (Å²) in [4.78, 5) is 2.09. The summed E-state index contributed by atoms with van der Waals surface area (Å²) in [5, 5.41) is 13.1. The van der Waals surface area contributed by atoms with E-state index in [1.54, 1.807) is 4.68 Å². The molecule has 2 N–H and O–H groups in total. The van der Waals surface area contributed by atoms with Gasteiger partial charge in [-0.1, -0.05) is 0 Å². The Morgan fingerprint density at radius 2 is 2.25 bits per heavy atom. The maximum Gasteiger partial charge on any atom is 0.150 e. The predicted molar refractivity (Wildman–Crippen MR) is 65.0 cm³/mol. The first-order chi connectivity index (χ1) is 7.51. The van der Waals surface area contributed by atoms with Gasteiger partial charge in [0.2, 0.25) is 0 Å². The molecule has 0 amide bonds. The van der Waals surface area contributed by atoms with Gasteiger partial charge in [0.1, 0.15) is 5.82 Å². The van der Waals surface area contributed by atoms with Crippen LogP contribution in [0.25, 0.3) is 0 Å². The van der Waals surface area contributed by atoms with Gasteiger partial charge in [-0.25, -0.2) is 0 Å². The smallest absolute Gasteiger partial charge is 0.150 e. The van der Waals surface area contributed by atoms with Crippen molar-refractivity contribution in [2.75, 3.05) is 23.7 Å². The molecule has 1 atom stereocenters. The second-order valence-corrected chi connectivity index (χ2v) is 4.02. The van der Waals surface area contributed by atoms with Gasteiger partial charge in [-0.2, -0.15) is 10.4 Å². The molecule has 0 bridgehead atoms. The molecular formula is C11H19N5. The molecule has 0 aliphatic heterocycles. The summed E-state index contributed by atoms with van der Waals surface area (Å²) in [6, 6.07) is 2.23. The lowest BCUT2D eigenvalue weighted by Gasteiger charge is -2.24. The SMILES string of the molecule is CCN(CC(C)C#N)c1c(N)c(C)nn1C. The Balaban J connectivity index is 3.00. The molecule has 1 aromatic heterocycles. The molecule has 0 saturated heterocycles. The van der Waals surface area contributed by atoms with Crippen LogP contribution >= 0.6 is 0 Å². The number of anilines is 2. The Hall–Kier alpha value is -1.70. The summed E-state index contributed by atoms with van der Waals surface area (Å²) in [6.45, 7) is 7.33. The Kier molecular flexibility index (Phi) is 3.78. The van der Waals surface area contributed by atoms with Gasteiger partial charge in [0, 0.05) is 20.1 Å². The maximum absolute atomic E-state index is 8.84. The third kappa shape index (κ3) is 2.27. The van der Waals surface area contributed by atoms with Crippen molar-refractivity contribution >= 4 is 11.5 Å². The molecule has 0 spiro atoms. The summed E-state index contributed by atoms with van der Waals surface area (Å²) in [6.07, 6.45) is 0. The Labute approximate surface area is 96.5 Å². The van der Waals surface area contributed by atoms with E-state index in [9.17, 15) is 0 Å². The lowest BCUT2D eigenvalue weighted by atomic mass is 10.2. The zero-order valence-corrected chi connectivity index (χ0v) is 10.4. The third-order valence-corrected chi connectivity index (χ3v) is 2.63. The highest BCUT2D eigenvalue weighted by atomic mass is 15.4. The zero-order chi connectivity index (χ0) is 12.3. The molecular weight excluding hydrogens is 202 g/mol. The number of aromatic nitrogens is 2. The highest BCUT2D eigenvalue weighted by molar-refractivity contribution is 5.66. The summed E-state index contributed by atoms with van der Waals surface area (Å²) in [5.74, 6) is 0.886. The van der Waals surface area contributed by atoms with Crippen LogP contribution in [0.2, 0.25) is 0 Å². The van der Waals surface area contributed by atoms with Crippen LogP contribution in [0.15, 0.2) is 0 Å². The minimum Gasteiger partial charge on any atom is -0.394 e. The average Bonchev–Trinajstić information content (AvgIpc) is 2.50. The number of hydrogen-bond donors (Lipinski definition) is 1. The maximum atomic E-state index is 8.84. The van der Waals surface area contributed by atoms with Gasteiger partial charge in [-0.15, -0.1) is 0 Å². The molecule has 16 heavy (non-hydrogen) atoms. The minimum absolute atomic E-state index is 0.0189. The van der Waals surface area contributed by atoms with Gasteiger partial charge in [0.05, 0.1) is 23.4 Å². The van der Waals surface area contributed by atoms with Crippen LogP contribution in [0.3, 0.4) is 0 Å². The van der Waals surface area contributed by atoms with Crippen molar-refractivity contribution in [1.29, 1.82) is 5.26 Å². The van der Waals surface area contributed by atoms with Crippen molar-refractivity contribution in [2.45, 2.75) is 20.8 Å². The molecule has 0 aliphatic rings. The van der Waals surface area contributed by atoms with E-state index in [-0.39, 0.29) is 5.92 Å². The number of aryl methyl sites for hydroxylation is 2. The molecule has 1 rings (SSSR count). The summed E-state index contributed by atoms with van der Waals surface area (Å²) >= 11 is 0. The van der Waals surface area contributed by atoms with E-state index in [4.69, 9.17) is 11.0 Å². The largest absolute Gasteiger partial charge is 0.394 e. The van der Waals surface area contributed by atoms with Crippen molar-refractivity contribution < 1.29 is 0 Å². The fraction of sp³-hybridized carbons (Fsp3) is 0.636. The molecule has 1 unspecified atom stereocenters. The number of nitriles is 1. The van der Waals surface area contributed by atoms with Crippen LogP contribution in [0.5, 0.6) is 0 Å². The van der Waals surface area contributed by atoms with E-state index in [1.807, 2.05) is 27.8 Å². The van der Waals surface area contributed by atoms with Crippen LogP contribution in [-0.4, -0.2) is 22.9 Å². The first-order valence-electron chi connectivity index (χ1n) is 5.44. The molecule has 0 fully saturated rings. The highest BCUT2D eigenvalue weighted by Crippen LogP contribution is 2.25. The first kappa shape index (κ1) is 12.4. The van der Waals surface area contributed by atoms with Crippen LogP contribution in [-0.2, 0) is 7.05 Å². The molecule has 0 saturated carbocycles. The van der Waals surface area contributed by atoms with Gasteiger partial charge in [-0.05, 0) is 20.8 Å². The highest BCUT2D eigenvalue weighted by Gasteiger charge is 2.17. The van der Waals surface area contributed by atoms with Crippen molar-refractivity contribution in [1.82, 2.24) is 9.78 Å². The lowest BCUT2D eigenvalue weighted by Crippen LogP contribution is -2.30. The number of nitrogen functional groups attached to an aromatic ring is 1. The second-order valence-electron chi connectivity index (χ2n) is 4.02. The molecule has 88 valence electrons. The number of rotatable bonds is 4. The molecule has 5 nitrogen and oxygen atoms in total. The van der Waals surface area contributed by atoms with E-state index in [0.29, 0.717) is 12.2 Å². The predicted octanol–water partition coefficient (Wildman–Crippen LogP) is 1.30. The normalized spacial score (nSPS) is 12.2. The van der Waals surface area contributed by atoms with Crippen molar-refractivity contribution in [2.24, 2.45) is 13.0 Å². The van der Waals surface area contributed by atoms with Crippen molar-refractivity contribution in [3.8, 4) is 6.07 Å². The Bertz CT molecular complexity index is 401. The molecule has 0 aromatic carbocycles. The fourth-order valence-electron chi connectivity index (χ4n) is 1.77. The van der Waals surface area contributed by atoms with Gasteiger partial charge in [0.15, 0.2) is 0 Å². The number of nitrogens with two attached hydrogens (primary N) is 1. The van der Waals surface area contributed by atoms with E-state index in [2.05, 4.69) is 16.1 Å². The lowest BCUT2D eigenvalue weighted by molar-refractivity contribution is 0.649. The van der Waals surface area contributed by atoms with Crippen LogP contribution in [0.4, 0.5) is 11.5 Å². The quantitative estimate of drug-likeness (QED) is 0.831. The molecule has 5 heteroatoms. The average molecular weight is 221 g/mol. The third-order valence-electron chi connectivity index (χ3n) is 2.63. The van der Waals surface area contributed by atoms with E-state index >= 15 is 0 Å². The van der Waals surface area contributed by atoms with Gasteiger partial charge < -0.3 is 10.6 Å². The zero-order valence-electron chi connectivity index (χ0n) is 10.4. The van der Waals surface area contributed by atoms with Gasteiger partial charge in [0.25, 0.3) is 0 Å². The van der Waals surface area contributed by atoms with Crippen molar-refractivity contribution in [3.05, 3.63) is 5.69 Å². The molecule has 0 aliphatic carbocycles. The molecule has 1 heterocycles. The standard InChI is InChI=1S/C11H19N5/c1-5-16(7-8(2)6-12)11-10(13)9(3)14-15(11)4/h8H,5,7,13H2,1-4H3. The van der Waals surface area contributed by atoms with E-state index in [0.717, 1.165) is 18.1 Å². The summed E-state index contributed by atoms with van der Waals surface area (Å²) in [7, 11) is 1.87. The van der Waals surface area contributed by atoms with E-state index in [1.165, 1.54) is 0 Å². The van der Waals surface area contributed by atoms with Crippen LogP contribution in [0, 0.1) is 24.2 Å². The second kappa shape index (κ2) is 4.88. The van der Waals surface area contributed by atoms with Crippen LogP contribution < -0.4 is 10.6 Å². The Morgan fingerprint density at radius 1 is 1.62 bits per heavy atom. The summed E-state index contributed by atoms with van der Waals surface area (Å²) in [5.41, 5.74) is 7.53. The van der Waals surface area contributed by atoms with Crippen LogP contribution in [0.1, 0.15) is 19.5 Å². The first-order valence-corrected chi connectivity index (χ1v) is 5.44. The molecule has 1 aromatic rings. The van der Waals surface area contributed by atoms with Crippen molar-refractivity contribution in [3.63, 3.8) is 0 Å². The Morgan fingerprint density at radius 3 is 2.62 bits per heavy atom. The minimum atomic E-state index is -0.0189. The van der Waals surface area contributed by atoms with Gasteiger partial charge >= 0.3 is 0 Å². The monoisotopic (exact) mass is 221 g/mol. The fourth-order valence-corrected chi connectivity index (χ4v) is 1.77. The number of nitrogens with zero attached hydrogens (tertiary/aromatic N) is 4. The topological polar surface area (TPSA) is 70.9 Å². The van der Waals surface area contributed by atoms with E-state index < -0.39 is 0 Å². The summed E-state index contributed by atoms with van der Waals surface area (Å²) < 4.78 is 1.78.